The highest BCUT2D eigenvalue weighted by Gasteiger charge is 2.08. The normalized spacial score (nSPS) is 10.9. The van der Waals surface area contributed by atoms with Crippen molar-refractivity contribution in [2.75, 3.05) is 25.2 Å². The molecule has 0 N–H and O–H groups in total. The van der Waals surface area contributed by atoms with Crippen LogP contribution in [0.15, 0.2) is 97.1 Å². The maximum atomic E-state index is 12.6. The molecule has 4 aromatic carbocycles. The van der Waals surface area contributed by atoms with E-state index >= 15 is 0 Å². The highest BCUT2D eigenvalue weighted by atomic mass is 79.9. The van der Waals surface area contributed by atoms with Gasteiger partial charge in [-0.2, -0.15) is 5.26 Å². The first kappa shape index (κ1) is 43.6. The second-order valence-electron chi connectivity index (χ2n) is 14.6. The maximum absolute atomic E-state index is 12.6. The molecule has 0 saturated heterocycles. The highest BCUT2D eigenvalue weighted by Crippen LogP contribution is 2.25. The third kappa shape index (κ3) is 17.9. The van der Waals surface area contributed by atoms with E-state index in [2.05, 4.69) is 46.3 Å². The summed E-state index contributed by atoms with van der Waals surface area (Å²) in [7, 11) is 0. The molecule has 0 saturated carbocycles. The Morgan fingerprint density at radius 2 is 0.764 bits per heavy atom. The van der Waals surface area contributed by atoms with Crippen molar-refractivity contribution < 1.29 is 19.0 Å². The van der Waals surface area contributed by atoms with E-state index in [0.717, 1.165) is 78.0 Å². The molecule has 0 radical (unpaired) electrons. The van der Waals surface area contributed by atoms with Crippen LogP contribution in [-0.2, 0) is 4.74 Å². The van der Waals surface area contributed by atoms with Crippen molar-refractivity contribution in [3.8, 4) is 39.8 Å². The highest BCUT2D eigenvalue weighted by molar-refractivity contribution is 9.09. The van der Waals surface area contributed by atoms with Crippen molar-refractivity contribution in [2.45, 2.75) is 122 Å². The molecule has 0 aliphatic rings. The van der Waals surface area contributed by atoms with Crippen LogP contribution in [0.3, 0.4) is 0 Å². The van der Waals surface area contributed by atoms with Crippen LogP contribution in [0.2, 0.25) is 0 Å². The lowest BCUT2D eigenvalue weighted by atomic mass is 10.0. The molecular weight excluding hydrogens is 746 g/mol. The fraction of sp³-hybridized carbons (Fsp3) is 0.469. The number of halogens is 1. The van der Waals surface area contributed by atoms with Gasteiger partial charge < -0.3 is 14.2 Å². The molecule has 5 nitrogen and oxygen atoms in total. The number of nitrogens with zero attached hydrogens (tertiary/aromatic N) is 1. The van der Waals surface area contributed by atoms with Gasteiger partial charge in [0.05, 0.1) is 37.0 Å². The first-order chi connectivity index (χ1) is 27.2. The summed E-state index contributed by atoms with van der Waals surface area (Å²) >= 11 is 3.50. The molecule has 0 bridgehead atoms. The molecular formula is C49H62BrNO4. The first-order valence-electron chi connectivity index (χ1n) is 21.0. The Labute approximate surface area is 339 Å². The van der Waals surface area contributed by atoms with Gasteiger partial charge in [-0.3, -0.25) is 0 Å². The minimum Gasteiger partial charge on any atom is -0.494 e. The van der Waals surface area contributed by atoms with E-state index in [1.165, 1.54) is 96.3 Å². The standard InChI is InChI=1S/C49H62BrNO4/c50-36-16-12-8-4-1-2-5-9-13-17-38-54-48-34-30-45(31-35-48)43-24-26-46(27-25-43)49(52)55-39-19-15-11-7-3-6-10-14-18-37-53-47-32-28-44(29-33-47)42-22-20-41(40-51)21-23-42/h20-35H,1-19,36-39H2. The maximum Gasteiger partial charge on any atom is 0.338 e. The van der Waals surface area contributed by atoms with E-state index in [-0.39, 0.29) is 5.97 Å². The summed E-state index contributed by atoms with van der Waals surface area (Å²) in [6, 6.07) is 33.9. The molecule has 0 spiro atoms. The van der Waals surface area contributed by atoms with Gasteiger partial charge >= 0.3 is 5.97 Å². The van der Waals surface area contributed by atoms with E-state index in [9.17, 15) is 4.79 Å². The molecule has 0 aromatic heterocycles. The van der Waals surface area contributed by atoms with Gasteiger partial charge in [0.15, 0.2) is 0 Å². The van der Waals surface area contributed by atoms with E-state index in [1.54, 1.807) is 0 Å². The number of esters is 1. The lowest BCUT2D eigenvalue weighted by Crippen LogP contribution is -2.06. The number of carbonyl (C=O) groups excluding carboxylic acids is 1. The largest absolute Gasteiger partial charge is 0.494 e. The van der Waals surface area contributed by atoms with Crippen molar-refractivity contribution in [1.82, 2.24) is 0 Å². The smallest absolute Gasteiger partial charge is 0.338 e. The van der Waals surface area contributed by atoms with Crippen LogP contribution in [0.5, 0.6) is 11.5 Å². The summed E-state index contributed by atoms with van der Waals surface area (Å²) in [5.74, 6) is 1.56. The minimum absolute atomic E-state index is 0.250. The molecule has 0 aliphatic heterocycles. The molecule has 0 atom stereocenters. The fourth-order valence-electron chi connectivity index (χ4n) is 6.70. The molecule has 0 amide bonds. The number of hydrogen-bond donors (Lipinski definition) is 0. The quantitative estimate of drug-likeness (QED) is 0.0310. The number of rotatable bonds is 29. The average Bonchev–Trinajstić information content (AvgIpc) is 3.23. The fourth-order valence-corrected chi connectivity index (χ4v) is 7.10. The number of ether oxygens (including phenoxy) is 3. The number of nitriles is 1. The Bertz CT molecular complexity index is 1630. The van der Waals surface area contributed by atoms with E-state index in [1.807, 2.05) is 72.8 Å². The van der Waals surface area contributed by atoms with E-state index in [0.29, 0.717) is 17.7 Å². The van der Waals surface area contributed by atoms with Crippen molar-refractivity contribution >= 4 is 21.9 Å². The Morgan fingerprint density at radius 1 is 0.436 bits per heavy atom. The summed E-state index contributed by atoms with van der Waals surface area (Å²) in [6.45, 7) is 1.97. The Balaban J connectivity index is 0.948. The summed E-state index contributed by atoms with van der Waals surface area (Å²) in [4.78, 5) is 12.6. The zero-order valence-corrected chi connectivity index (χ0v) is 34.5. The Hall–Kier alpha value is -4.08. The first-order valence-corrected chi connectivity index (χ1v) is 22.1. The predicted octanol–water partition coefficient (Wildman–Crippen LogP) is 14.3. The topological polar surface area (TPSA) is 68.5 Å². The van der Waals surface area contributed by atoms with Crippen molar-refractivity contribution in [3.63, 3.8) is 0 Å². The molecule has 0 fully saturated rings. The Kier molecular flexibility index (Phi) is 21.8. The summed E-state index contributed by atoms with van der Waals surface area (Å²) in [5.41, 5.74) is 5.66. The van der Waals surface area contributed by atoms with Gasteiger partial charge in [0.1, 0.15) is 11.5 Å². The van der Waals surface area contributed by atoms with Crippen LogP contribution in [0, 0.1) is 11.3 Å². The van der Waals surface area contributed by atoms with Gasteiger partial charge in [0, 0.05) is 5.33 Å². The van der Waals surface area contributed by atoms with Gasteiger partial charge in [-0.15, -0.1) is 0 Å². The van der Waals surface area contributed by atoms with Crippen molar-refractivity contribution in [1.29, 1.82) is 5.26 Å². The molecule has 6 heteroatoms. The van der Waals surface area contributed by atoms with Crippen LogP contribution in [-0.4, -0.2) is 31.1 Å². The zero-order chi connectivity index (χ0) is 38.6. The lowest BCUT2D eigenvalue weighted by molar-refractivity contribution is 0.0497. The number of unbranched alkanes of at least 4 members (excludes halogenated alkanes) is 17. The number of benzene rings is 4. The van der Waals surface area contributed by atoms with Gasteiger partial charge in [0.25, 0.3) is 0 Å². The van der Waals surface area contributed by atoms with Crippen LogP contribution in [0.1, 0.15) is 138 Å². The summed E-state index contributed by atoms with van der Waals surface area (Å²) < 4.78 is 17.5. The van der Waals surface area contributed by atoms with E-state index < -0.39 is 0 Å². The molecule has 0 heterocycles. The minimum atomic E-state index is -0.250. The van der Waals surface area contributed by atoms with Crippen LogP contribution >= 0.6 is 15.9 Å². The van der Waals surface area contributed by atoms with Gasteiger partial charge in [-0.05, 0) is 96.5 Å². The van der Waals surface area contributed by atoms with Crippen LogP contribution in [0.25, 0.3) is 22.3 Å². The third-order valence-electron chi connectivity index (χ3n) is 10.1. The number of carbonyl (C=O) groups is 1. The lowest BCUT2D eigenvalue weighted by Gasteiger charge is -2.09. The van der Waals surface area contributed by atoms with Crippen molar-refractivity contribution in [2.24, 2.45) is 0 Å². The van der Waals surface area contributed by atoms with E-state index in [4.69, 9.17) is 19.5 Å². The molecule has 0 unspecified atom stereocenters. The van der Waals surface area contributed by atoms with Crippen LogP contribution < -0.4 is 9.47 Å². The average molecular weight is 809 g/mol. The number of hydrogen-bond acceptors (Lipinski definition) is 5. The predicted molar refractivity (Wildman–Crippen MR) is 231 cm³/mol. The molecule has 4 rings (SSSR count). The Morgan fingerprint density at radius 3 is 1.15 bits per heavy atom. The SMILES string of the molecule is N#Cc1ccc(-c2ccc(OCCCCCCCCCCCOC(=O)c3ccc(-c4ccc(OCCCCCCCCCCCCBr)cc4)cc3)cc2)cc1. The summed E-state index contributed by atoms with van der Waals surface area (Å²) in [6.07, 6.45) is 23.5. The second kappa shape index (κ2) is 27.5. The molecule has 294 valence electrons. The second-order valence-corrected chi connectivity index (χ2v) is 15.3. The number of alkyl halides is 1. The van der Waals surface area contributed by atoms with Crippen LogP contribution in [0.4, 0.5) is 0 Å². The molecule has 0 aliphatic carbocycles. The van der Waals surface area contributed by atoms with Gasteiger partial charge in [0.2, 0.25) is 0 Å². The summed E-state index contributed by atoms with van der Waals surface area (Å²) in [5, 5.41) is 10.1. The molecule has 55 heavy (non-hydrogen) atoms. The van der Waals surface area contributed by atoms with Crippen molar-refractivity contribution in [3.05, 3.63) is 108 Å². The third-order valence-corrected chi connectivity index (χ3v) is 10.7. The van der Waals surface area contributed by atoms with Gasteiger partial charge in [-0.1, -0.05) is 161 Å². The zero-order valence-electron chi connectivity index (χ0n) is 33.0. The van der Waals surface area contributed by atoms with Gasteiger partial charge in [-0.25, -0.2) is 4.79 Å². The monoisotopic (exact) mass is 807 g/mol. The molecule has 4 aromatic rings.